The monoisotopic (exact) mass is 752 g/mol. The number of ether oxygens (including phenoxy) is 2. The number of aliphatic hydroxyl groups is 5. The molecule has 0 radical (unpaired) electrons. The molecule has 1 rings (SSSR count). The number of carbonyl (C=O) groups excluding carboxylic acids is 1. The van der Waals surface area contributed by atoms with Crippen LogP contribution in [-0.2, 0) is 14.3 Å². The first-order valence-electron chi connectivity index (χ1n) is 21.7. The van der Waals surface area contributed by atoms with Gasteiger partial charge in [0.05, 0.1) is 25.4 Å². The Balaban J connectivity index is 2.41. The molecule has 0 aromatic rings. The topological polar surface area (TPSA) is 149 Å². The van der Waals surface area contributed by atoms with Crippen molar-refractivity contribution in [2.45, 2.75) is 224 Å². The number of amides is 1. The van der Waals surface area contributed by atoms with Crippen LogP contribution in [0.25, 0.3) is 0 Å². The van der Waals surface area contributed by atoms with Crippen LogP contribution in [0.4, 0.5) is 0 Å². The summed E-state index contributed by atoms with van der Waals surface area (Å²) in [5.74, 6) is -0.194. The number of unbranched alkanes of at least 4 members (excludes halogenated alkanes) is 21. The fraction of sp³-hybridized carbons (Fsp3) is 0.841. The average molecular weight is 752 g/mol. The van der Waals surface area contributed by atoms with Gasteiger partial charge in [-0.3, -0.25) is 4.79 Å². The van der Waals surface area contributed by atoms with E-state index in [4.69, 9.17) is 9.47 Å². The highest BCUT2D eigenvalue weighted by Crippen LogP contribution is 2.22. The Morgan fingerprint density at radius 1 is 0.623 bits per heavy atom. The van der Waals surface area contributed by atoms with Crippen LogP contribution in [0, 0.1) is 0 Å². The van der Waals surface area contributed by atoms with Crippen LogP contribution < -0.4 is 5.32 Å². The van der Waals surface area contributed by atoms with E-state index >= 15 is 0 Å². The van der Waals surface area contributed by atoms with Gasteiger partial charge >= 0.3 is 0 Å². The molecule has 53 heavy (non-hydrogen) atoms. The van der Waals surface area contributed by atoms with Crippen LogP contribution in [0.2, 0.25) is 0 Å². The molecular weight excluding hydrogens is 670 g/mol. The number of allylic oxidation sites excluding steroid dienone is 5. The van der Waals surface area contributed by atoms with E-state index in [0.29, 0.717) is 6.42 Å². The lowest BCUT2D eigenvalue weighted by Gasteiger charge is -2.40. The Bertz CT molecular complexity index is 925. The number of carbonyl (C=O) groups is 1. The zero-order valence-corrected chi connectivity index (χ0v) is 33.8. The first-order valence-corrected chi connectivity index (χ1v) is 21.7. The van der Waals surface area contributed by atoms with Crippen molar-refractivity contribution >= 4 is 5.91 Å². The molecule has 1 amide bonds. The normalized spacial score (nSPS) is 22.0. The summed E-state index contributed by atoms with van der Waals surface area (Å²) in [7, 11) is 0. The van der Waals surface area contributed by atoms with Gasteiger partial charge in [-0.25, -0.2) is 0 Å². The van der Waals surface area contributed by atoms with E-state index in [1.54, 1.807) is 6.08 Å². The molecule has 0 aromatic heterocycles. The molecule has 0 bridgehead atoms. The Hall–Kier alpha value is -1.59. The van der Waals surface area contributed by atoms with Gasteiger partial charge in [0.15, 0.2) is 6.29 Å². The molecule has 0 spiro atoms. The lowest BCUT2D eigenvalue weighted by atomic mass is 9.99. The van der Waals surface area contributed by atoms with E-state index < -0.39 is 49.5 Å². The van der Waals surface area contributed by atoms with Gasteiger partial charge in [0, 0.05) is 6.42 Å². The quantitative estimate of drug-likeness (QED) is 0.0279. The van der Waals surface area contributed by atoms with E-state index in [9.17, 15) is 30.3 Å². The van der Waals surface area contributed by atoms with Crippen LogP contribution in [0.1, 0.15) is 181 Å². The number of hydrogen-bond donors (Lipinski definition) is 6. The largest absolute Gasteiger partial charge is 0.394 e. The fourth-order valence-corrected chi connectivity index (χ4v) is 6.64. The van der Waals surface area contributed by atoms with Gasteiger partial charge in [0.1, 0.15) is 24.4 Å². The maximum atomic E-state index is 12.9. The summed E-state index contributed by atoms with van der Waals surface area (Å²) >= 11 is 0. The third-order valence-corrected chi connectivity index (χ3v) is 10.2. The molecule has 7 unspecified atom stereocenters. The summed E-state index contributed by atoms with van der Waals surface area (Å²) in [5.41, 5.74) is 0. The summed E-state index contributed by atoms with van der Waals surface area (Å²) in [6.45, 7) is 3.72. The van der Waals surface area contributed by atoms with Crippen molar-refractivity contribution in [3.8, 4) is 0 Å². The Morgan fingerprint density at radius 2 is 1.08 bits per heavy atom. The zero-order valence-electron chi connectivity index (χ0n) is 33.8. The van der Waals surface area contributed by atoms with Crippen molar-refractivity contribution in [3.05, 3.63) is 36.5 Å². The van der Waals surface area contributed by atoms with Crippen molar-refractivity contribution in [2.75, 3.05) is 13.2 Å². The van der Waals surface area contributed by atoms with Crippen molar-refractivity contribution in [2.24, 2.45) is 0 Å². The first kappa shape index (κ1) is 49.4. The molecule has 7 atom stereocenters. The molecular formula is C44H81NO8. The summed E-state index contributed by atoms with van der Waals surface area (Å²) in [6, 6.07) is -0.821. The van der Waals surface area contributed by atoms with Crippen LogP contribution in [0.5, 0.6) is 0 Å². The smallest absolute Gasteiger partial charge is 0.220 e. The molecule has 0 aromatic carbocycles. The maximum absolute atomic E-state index is 12.9. The predicted molar refractivity (Wildman–Crippen MR) is 216 cm³/mol. The van der Waals surface area contributed by atoms with Crippen molar-refractivity contribution in [3.63, 3.8) is 0 Å². The summed E-state index contributed by atoms with van der Waals surface area (Å²) in [4.78, 5) is 12.9. The summed E-state index contributed by atoms with van der Waals surface area (Å²) in [5, 5.41) is 54.0. The molecule has 1 aliphatic rings. The highest BCUT2D eigenvalue weighted by atomic mass is 16.7. The lowest BCUT2D eigenvalue weighted by molar-refractivity contribution is -0.302. The first-order chi connectivity index (χ1) is 25.8. The van der Waals surface area contributed by atoms with E-state index in [2.05, 4.69) is 43.5 Å². The Kier molecular flexibility index (Phi) is 32.5. The van der Waals surface area contributed by atoms with E-state index in [-0.39, 0.29) is 12.5 Å². The molecule has 1 heterocycles. The second kappa shape index (κ2) is 34.9. The second-order valence-corrected chi connectivity index (χ2v) is 15.1. The summed E-state index contributed by atoms with van der Waals surface area (Å²) in [6.07, 6.45) is 34.7. The Labute approximate surface area is 323 Å². The molecule has 9 heteroatoms. The standard InChI is InChI=1S/C44H81NO8/c1-3-5-7-9-11-13-15-17-18-19-20-22-24-26-28-30-32-34-40(48)45-37(36-52-44-43(51)42(50)41(49)39(35-46)53-44)38(47)33-31-29-27-25-23-21-16-14-12-10-8-6-4-2/h17-18,23,25,31,33,37-39,41-44,46-47,49-51H,3-16,19-22,24,26-30,32,34-36H2,1-2H3,(H,45,48)/b18-17-,25-23+,33-31+. The van der Waals surface area contributed by atoms with Crippen LogP contribution in [-0.4, -0.2) is 87.5 Å². The molecule has 1 aliphatic heterocycles. The van der Waals surface area contributed by atoms with E-state index in [1.807, 2.05) is 6.08 Å². The third kappa shape index (κ3) is 26.0. The van der Waals surface area contributed by atoms with Gasteiger partial charge in [0.25, 0.3) is 0 Å². The van der Waals surface area contributed by atoms with Crippen molar-refractivity contribution < 1.29 is 39.8 Å². The number of nitrogens with one attached hydrogen (secondary N) is 1. The van der Waals surface area contributed by atoms with E-state index in [1.165, 1.54) is 109 Å². The number of aliphatic hydroxyl groups excluding tert-OH is 5. The van der Waals surface area contributed by atoms with Gasteiger partial charge < -0.3 is 40.3 Å². The SMILES string of the molecule is CCCCCCCC/C=C\CCCCCCCCCC(=O)NC(COC1OC(CO)C(O)C(O)C1O)C(O)/C=C/CC/C=C/CCCCCCCCC. The van der Waals surface area contributed by atoms with Crippen LogP contribution in [0.3, 0.4) is 0 Å². The van der Waals surface area contributed by atoms with Crippen molar-refractivity contribution in [1.29, 1.82) is 0 Å². The van der Waals surface area contributed by atoms with Gasteiger partial charge in [0.2, 0.25) is 5.91 Å². The molecule has 310 valence electrons. The molecule has 6 N–H and O–H groups in total. The van der Waals surface area contributed by atoms with Crippen LogP contribution >= 0.6 is 0 Å². The molecule has 0 saturated carbocycles. The predicted octanol–water partition coefficient (Wildman–Crippen LogP) is 8.50. The number of hydrogen-bond acceptors (Lipinski definition) is 8. The maximum Gasteiger partial charge on any atom is 0.220 e. The van der Waals surface area contributed by atoms with E-state index in [0.717, 1.165) is 51.4 Å². The minimum atomic E-state index is -1.57. The fourth-order valence-electron chi connectivity index (χ4n) is 6.64. The minimum absolute atomic E-state index is 0.194. The van der Waals surface area contributed by atoms with Gasteiger partial charge in [-0.15, -0.1) is 0 Å². The third-order valence-electron chi connectivity index (χ3n) is 10.2. The Morgan fingerprint density at radius 3 is 1.58 bits per heavy atom. The molecule has 1 fully saturated rings. The van der Waals surface area contributed by atoms with Crippen molar-refractivity contribution in [1.82, 2.24) is 5.32 Å². The van der Waals surface area contributed by atoms with Gasteiger partial charge in [-0.2, -0.15) is 0 Å². The zero-order chi connectivity index (χ0) is 38.8. The molecule has 0 aliphatic carbocycles. The highest BCUT2D eigenvalue weighted by Gasteiger charge is 2.44. The molecule has 1 saturated heterocycles. The minimum Gasteiger partial charge on any atom is -0.394 e. The van der Waals surface area contributed by atoms with Crippen LogP contribution in [0.15, 0.2) is 36.5 Å². The molecule has 9 nitrogen and oxygen atoms in total. The lowest BCUT2D eigenvalue weighted by Crippen LogP contribution is -2.60. The average Bonchev–Trinajstić information content (AvgIpc) is 3.16. The highest BCUT2D eigenvalue weighted by molar-refractivity contribution is 5.76. The van der Waals surface area contributed by atoms with Gasteiger partial charge in [-0.05, 0) is 57.8 Å². The number of rotatable bonds is 35. The summed E-state index contributed by atoms with van der Waals surface area (Å²) < 4.78 is 11.2. The van der Waals surface area contributed by atoms with Gasteiger partial charge in [-0.1, -0.05) is 153 Å². The second-order valence-electron chi connectivity index (χ2n) is 15.1.